The van der Waals surface area contributed by atoms with Crippen LogP contribution in [-0.4, -0.2) is 48.4 Å². The molecular formula is C13H21N5O. The van der Waals surface area contributed by atoms with Crippen molar-refractivity contribution in [3.8, 4) is 0 Å². The van der Waals surface area contributed by atoms with Gasteiger partial charge in [0.1, 0.15) is 18.0 Å². The molecule has 1 aliphatic heterocycles. The topological polar surface area (TPSA) is 71.1 Å². The van der Waals surface area contributed by atoms with Gasteiger partial charge in [-0.05, 0) is 19.3 Å². The van der Waals surface area contributed by atoms with E-state index in [0.717, 1.165) is 37.9 Å². The third-order valence-electron chi connectivity index (χ3n) is 3.64. The van der Waals surface area contributed by atoms with E-state index in [1.807, 2.05) is 6.07 Å². The summed E-state index contributed by atoms with van der Waals surface area (Å²) in [5.41, 5.74) is 0. The molecule has 0 spiro atoms. The molecule has 1 aliphatic carbocycles. The minimum atomic E-state index is 0.215. The Balaban J connectivity index is 1.50. The van der Waals surface area contributed by atoms with Crippen LogP contribution in [0.3, 0.4) is 0 Å². The van der Waals surface area contributed by atoms with Gasteiger partial charge < -0.3 is 20.7 Å². The van der Waals surface area contributed by atoms with Gasteiger partial charge in [0.05, 0.1) is 12.7 Å². The van der Waals surface area contributed by atoms with Crippen LogP contribution < -0.4 is 16.0 Å². The van der Waals surface area contributed by atoms with Gasteiger partial charge in [-0.25, -0.2) is 9.97 Å². The number of aromatic nitrogens is 2. The standard InChI is InChI=1S/C13H21N5O/c1-2-10(3-1)18-13-6-12(16-9-17-13)15-8-11-7-14-4-5-19-11/h6,9-11,14H,1-5,7-8H2,(H2,15,16,17,18). The van der Waals surface area contributed by atoms with Crippen LogP contribution in [0.2, 0.25) is 0 Å². The van der Waals surface area contributed by atoms with Gasteiger partial charge in [-0.2, -0.15) is 0 Å². The monoisotopic (exact) mass is 263 g/mol. The molecule has 1 aromatic rings. The van der Waals surface area contributed by atoms with E-state index < -0.39 is 0 Å². The van der Waals surface area contributed by atoms with Crippen LogP contribution in [0.4, 0.5) is 11.6 Å². The van der Waals surface area contributed by atoms with Crippen LogP contribution in [0.15, 0.2) is 12.4 Å². The highest BCUT2D eigenvalue weighted by molar-refractivity contribution is 5.47. The second-order valence-corrected chi connectivity index (χ2v) is 5.14. The Kier molecular flexibility index (Phi) is 4.10. The molecular weight excluding hydrogens is 242 g/mol. The number of hydrogen-bond acceptors (Lipinski definition) is 6. The summed E-state index contributed by atoms with van der Waals surface area (Å²) in [5, 5.41) is 10.0. The van der Waals surface area contributed by atoms with Crippen LogP contribution in [0.1, 0.15) is 19.3 Å². The molecule has 1 atom stereocenters. The lowest BCUT2D eigenvalue weighted by Gasteiger charge is -2.27. The fourth-order valence-electron chi connectivity index (χ4n) is 2.26. The Hall–Kier alpha value is -1.40. The summed E-state index contributed by atoms with van der Waals surface area (Å²) in [6.07, 6.45) is 5.62. The molecule has 1 unspecified atom stereocenters. The van der Waals surface area contributed by atoms with E-state index >= 15 is 0 Å². The number of morpholine rings is 1. The Morgan fingerprint density at radius 2 is 2.21 bits per heavy atom. The summed E-state index contributed by atoms with van der Waals surface area (Å²) in [7, 11) is 0. The molecule has 0 bridgehead atoms. The van der Waals surface area contributed by atoms with E-state index in [0.29, 0.717) is 6.04 Å². The summed E-state index contributed by atoms with van der Waals surface area (Å²) in [5.74, 6) is 1.76. The number of ether oxygens (including phenoxy) is 1. The lowest BCUT2D eigenvalue weighted by atomic mass is 9.93. The predicted octanol–water partition coefficient (Wildman–Crippen LogP) is 0.841. The summed E-state index contributed by atoms with van der Waals surface area (Å²) in [6, 6.07) is 2.56. The average Bonchev–Trinajstić information content (AvgIpc) is 2.42. The Morgan fingerprint density at radius 1 is 1.32 bits per heavy atom. The zero-order valence-electron chi connectivity index (χ0n) is 11.1. The molecule has 2 aliphatic rings. The van der Waals surface area contributed by atoms with Crippen molar-refractivity contribution in [3.63, 3.8) is 0 Å². The van der Waals surface area contributed by atoms with Crippen molar-refractivity contribution in [2.24, 2.45) is 0 Å². The molecule has 0 radical (unpaired) electrons. The highest BCUT2D eigenvalue weighted by Crippen LogP contribution is 2.22. The number of anilines is 2. The normalized spacial score (nSPS) is 23.7. The SMILES string of the molecule is c1nc(NCC2CNCCO2)cc(NC2CCC2)n1. The number of rotatable bonds is 5. The van der Waals surface area contributed by atoms with Crippen LogP contribution in [0.25, 0.3) is 0 Å². The molecule has 6 nitrogen and oxygen atoms in total. The van der Waals surface area contributed by atoms with Crippen molar-refractivity contribution < 1.29 is 4.74 Å². The van der Waals surface area contributed by atoms with E-state index in [1.54, 1.807) is 6.33 Å². The molecule has 0 aromatic carbocycles. The number of hydrogen-bond donors (Lipinski definition) is 3. The van der Waals surface area contributed by atoms with Crippen molar-refractivity contribution in [2.75, 3.05) is 36.9 Å². The third-order valence-corrected chi connectivity index (χ3v) is 3.64. The summed E-state index contributed by atoms with van der Waals surface area (Å²) in [6.45, 7) is 3.39. The first-order chi connectivity index (χ1) is 9.40. The first-order valence-corrected chi connectivity index (χ1v) is 7.05. The molecule has 3 rings (SSSR count). The van der Waals surface area contributed by atoms with Crippen LogP contribution in [0.5, 0.6) is 0 Å². The molecule has 1 saturated heterocycles. The van der Waals surface area contributed by atoms with Crippen molar-refractivity contribution in [2.45, 2.75) is 31.4 Å². The Labute approximate surface area is 113 Å². The smallest absolute Gasteiger partial charge is 0.131 e. The first-order valence-electron chi connectivity index (χ1n) is 7.05. The first kappa shape index (κ1) is 12.6. The second kappa shape index (κ2) is 6.16. The van der Waals surface area contributed by atoms with Gasteiger partial charge in [0, 0.05) is 31.7 Å². The summed E-state index contributed by atoms with van der Waals surface area (Å²) < 4.78 is 5.64. The lowest BCUT2D eigenvalue weighted by Crippen LogP contribution is -2.42. The predicted molar refractivity (Wildman–Crippen MR) is 74.4 cm³/mol. The molecule has 19 heavy (non-hydrogen) atoms. The maximum Gasteiger partial charge on any atom is 0.131 e. The third kappa shape index (κ3) is 3.54. The average molecular weight is 263 g/mol. The van der Waals surface area contributed by atoms with Gasteiger partial charge in [-0.1, -0.05) is 0 Å². The van der Waals surface area contributed by atoms with Crippen molar-refractivity contribution in [1.29, 1.82) is 0 Å². The Morgan fingerprint density at radius 3 is 2.95 bits per heavy atom. The van der Waals surface area contributed by atoms with E-state index in [4.69, 9.17) is 4.74 Å². The van der Waals surface area contributed by atoms with Crippen LogP contribution in [-0.2, 0) is 4.74 Å². The summed E-state index contributed by atoms with van der Waals surface area (Å²) >= 11 is 0. The van der Waals surface area contributed by atoms with E-state index in [-0.39, 0.29) is 6.10 Å². The molecule has 1 saturated carbocycles. The van der Waals surface area contributed by atoms with Gasteiger partial charge in [0.15, 0.2) is 0 Å². The maximum absolute atomic E-state index is 5.64. The fourth-order valence-corrected chi connectivity index (χ4v) is 2.26. The van der Waals surface area contributed by atoms with Crippen molar-refractivity contribution in [3.05, 3.63) is 12.4 Å². The van der Waals surface area contributed by atoms with Crippen molar-refractivity contribution >= 4 is 11.6 Å². The second-order valence-electron chi connectivity index (χ2n) is 5.14. The number of nitrogens with zero attached hydrogens (tertiary/aromatic N) is 2. The molecule has 3 N–H and O–H groups in total. The molecule has 0 amide bonds. The van der Waals surface area contributed by atoms with Gasteiger partial charge in [0.25, 0.3) is 0 Å². The van der Waals surface area contributed by atoms with Gasteiger partial charge >= 0.3 is 0 Å². The van der Waals surface area contributed by atoms with E-state index in [1.165, 1.54) is 19.3 Å². The maximum atomic E-state index is 5.64. The van der Waals surface area contributed by atoms with Crippen molar-refractivity contribution in [1.82, 2.24) is 15.3 Å². The zero-order chi connectivity index (χ0) is 12.9. The quantitative estimate of drug-likeness (QED) is 0.731. The molecule has 1 aromatic heterocycles. The lowest BCUT2D eigenvalue weighted by molar-refractivity contribution is 0.0372. The van der Waals surface area contributed by atoms with Gasteiger partial charge in [0.2, 0.25) is 0 Å². The zero-order valence-corrected chi connectivity index (χ0v) is 11.1. The molecule has 104 valence electrons. The highest BCUT2D eigenvalue weighted by atomic mass is 16.5. The highest BCUT2D eigenvalue weighted by Gasteiger charge is 2.17. The Bertz CT molecular complexity index is 404. The van der Waals surface area contributed by atoms with Crippen LogP contribution >= 0.6 is 0 Å². The van der Waals surface area contributed by atoms with Crippen LogP contribution in [0, 0.1) is 0 Å². The largest absolute Gasteiger partial charge is 0.374 e. The fraction of sp³-hybridized carbons (Fsp3) is 0.692. The van der Waals surface area contributed by atoms with E-state index in [2.05, 4.69) is 25.9 Å². The number of nitrogens with one attached hydrogen (secondary N) is 3. The minimum absolute atomic E-state index is 0.215. The van der Waals surface area contributed by atoms with Gasteiger partial charge in [-0.15, -0.1) is 0 Å². The van der Waals surface area contributed by atoms with E-state index in [9.17, 15) is 0 Å². The summed E-state index contributed by atoms with van der Waals surface area (Å²) in [4.78, 5) is 8.49. The molecule has 2 heterocycles. The molecule has 2 fully saturated rings. The van der Waals surface area contributed by atoms with Gasteiger partial charge in [-0.3, -0.25) is 0 Å². The minimum Gasteiger partial charge on any atom is -0.374 e. The molecule has 6 heteroatoms.